The minimum atomic E-state index is -3.10. The number of aryl methyl sites for hydroxylation is 2. The average Bonchev–Trinajstić information content (AvgIpc) is 3.84. The maximum atomic E-state index is 14.5. The smallest absolute Gasteiger partial charge is 0.320 e. The summed E-state index contributed by atoms with van der Waals surface area (Å²) in [6.07, 6.45) is 7.09. The second-order valence-electron chi connectivity index (χ2n) is 17.9. The molecule has 0 saturated heterocycles. The number of carboxylic acids is 1. The molecule has 392 valence electrons. The molecule has 0 aliphatic carbocycles. The van der Waals surface area contributed by atoms with E-state index in [9.17, 15) is 28.1 Å². The third-order valence-corrected chi connectivity index (χ3v) is 13.7. The average molecular weight is 1100 g/mol. The number of carbonyl (C=O) groups excluding carboxylic acids is 3. The number of nitrogens with two attached hydrogens (primary N) is 1. The molecule has 3 aromatic carbocycles. The number of terminal acetylenes is 1. The maximum Gasteiger partial charge on any atom is 0.320 e. The normalized spacial score (nSPS) is 17.0. The minimum Gasteiger partial charge on any atom is -0.489 e. The molecule has 4 unspecified atom stereocenters. The largest absolute Gasteiger partial charge is 0.489 e. The molecule has 72 heavy (non-hydrogen) atoms. The number of aliphatic carboxylic acids is 1. The van der Waals surface area contributed by atoms with Gasteiger partial charge in [-0.1, -0.05) is 80.2 Å². The molecule has 3 aliphatic heterocycles. The van der Waals surface area contributed by atoms with Crippen LogP contribution in [0.15, 0.2) is 59.6 Å². The van der Waals surface area contributed by atoms with Gasteiger partial charge in [0, 0.05) is 50.5 Å². The van der Waals surface area contributed by atoms with Crippen molar-refractivity contribution in [3.8, 4) is 23.8 Å². The minimum absolute atomic E-state index is 0.0223. The molecule has 7 rings (SSSR count). The summed E-state index contributed by atoms with van der Waals surface area (Å²) < 4.78 is 47.7. The van der Waals surface area contributed by atoms with Crippen LogP contribution < -0.4 is 34.7 Å². The summed E-state index contributed by atoms with van der Waals surface area (Å²) in [4.78, 5) is 63.8. The lowest BCUT2D eigenvalue weighted by Gasteiger charge is -2.35. The van der Waals surface area contributed by atoms with E-state index in [0.717, 1.165) is 47.7 Å². The fourth-order valence-electron chi connectivity index (χ4n) is 7.81. The summed E-state index contributed by atoms with van der Waals surface area (Å²) in [6, 6.07) is 15.0. The summed E-state index contributed by atoms with van der Waals surface area (Å²) >= 11 is 18.3. The van der Waals surface area contributed by atoms with Crippen molar-refractivity contribution in [2.75, 3.05) is 66.9 Å². The number of halogens is 4. The lowest BCUT2D eigenvalue weighted by atomic mass is 9.92. The second kappa shape index (κ2) is 26.8. The number of hydrogen-bond acceptors (Lipinski definition) is 12. The van der Waals surface area contributed by atoms with E-state index in [4.69, 9.17) is 71.2 Å². The van der Waals surface area contributed by atoms with Gasteiger partial charge in [0.25, 0.3) is 11.8 Å². The summed E-state index contributed by atoms with van der Waals surface area (Å²) in [5.74, 6) is 2.04. The van der Waals surface area contributed by atoms with Gasteiger partial charge in [0.2, 0.25) is 10.7 Å². The number of nitrogens with zero attached hydrogens (tertiary/aromatic N) is 6. The lowest BCUT2D eigenvalue weighted by Crippen LogP contribution is -2.47. The van der Waals surface area contributed by atoms with Gasteiger partial charge in [0.15, 0.2) is 24.6 Å². The van der Waals surface area contributed by atoms with Crippen LogP contribution >= 0.6 is 53.7 Å². The van der Waals surface area contributed by atoms with Gasteiger partial charge in [-0.15, -0.1) is 18.0 Å². The van der Waals surface area contributed by atoms with E-state index in [1.54, 1.807) is 16.9 Å². The zero-order valence-corrected chi connectivity index (χ0v) is 45.4. The molecule has 0 spiro atoms. The van der Waals surface area contributed by atoms with Crippen LogP contribution in [0.1, 0.15) is 58.0 Å². The Morgan fingerprint density at radius 1 is 1.15 bits per heavy atom. The van der Waals surface area contributed by atoms with Crippen LogP contribution in [0, 0.1) is 30.5 Å². The van der Waals surface area contributed by atoms with Crippen LogP contribution in [-0.2, 0) is 47.9 Å². The highest BCUT2D eigenvalue weighted by Gasteiger charge is 2.33. The Bertz CT molecular complexity index is 2730. The van der Waals surface area contributed by atoms with Crippen LogP contribution in [-0.4, -0.2) is 118 Å². The zero-order chi connectivity index (χ0) is 53.7. The molecule has 3 amide bonds. The number of alkyl halides is 3. The SMILES string of the molecule is C#CCN1C(=O)COc2cc(F)c(N=c3snc4n3CC(C)(C)C4)cc21.CC1COc2ccccc2N1C(=O)C(Cl)Cl.CCc1cccc(C)c1N(C(=O)CCl)C(C)COC.CP(=O)(O)CCC(N)C(=O)O. The Hall–Kier alpha value is -5.03. The maximum absolute atomic E-state index is 14.5. The van der Waals surface area contributed by atoms with E-state index in [1.807, 2.05) is 61.7 Å². The van der Waals surface area contributed by atoms with Gasteiger partial charge in [-0.2, -0.15) is 4.37 Å². The van der Waals surface area contributed by atoms with E-state index in [1.165, 1.54) is 35.2 Å². The zero-order valence-electron chi connectivity index (χ0n) is 41.4. The quantitative estimate of drug-likeness (QED) is 0.0666. The van der Waals surface area contributed by atoms with E-state index >= 15 is 0 Å². The molecule has 4 atom stereocenters. The van der Waals surface area contributed by atoms with E-state index in [-0.39, 0.29) is 72.5 Å². The van der Waals surface area contributed by atoms with E-state index in [2.05, 4.69) is 42.1 Å². The standard InChI is InChI=1S/C18H17FN4O2S.C15H22ClNO2.C11H11Cl2NO2.C5H12NO4P/c1-4-5-22-13-7-12(11(19)6-14(13)25-9-16(22)24)20-17-23-10-18(2,3)8-15(23)21-26-17;1-5-13-8-6-7-11(2)15(13)17(14(18)9-16)12(3)10-19-4;1-7-6-16-9-5-3-2-4-8(9)14(7)11(15)10(12)13;1-11(9,10)3-2-4(6)5(7)8/h1,6-7H,5,8-10H2,2-3H3;6-8,12H,5,9-10H2,1-4H3;2-5,7,10H,6H2,1H3;4H,2-3,6H2,1H3,(H,7,8)(H,9,10). The molecule has 4 heterocycles. The molecule has 3 aliphatic rings. The van der Waals surface area contributed by atoms with E-state index in [0.29, 0.717) is 35.2 Å². The number of para-hydroxylation sites is 3. The molecule has 23 heteroatoms. The number of methoxy groups -OCH3 is 1. The number of amides is 3. The third-order valence-electron chi connectivity index (χ3n) is 11.3. The van der Waals surface area contributed by atoms with Crippen molar-refractivity contribution in [3.05, 3.63) is 82.2 Å². The number of anilines is 3. The number of ether oxygens (including phenoxy) is 3. The number of rotatable bonds is 13. The number of carboxylic acid groups (broad SMARTS) is 1. The lowest BCUT2D eigenvalue weighted by molar-refractivity contribution is -0.138. The molecule has 1 aromatic heterocycles. The molecule has 0 fully saturated rings. The van der Waals surface area contributed by atoms with Crippen LogP contribution in [0.4, 0.5) is 27.1 Å². The predicted octanol–water partition coefficient (Wildman–Crippen LogP) is 7.71. The third kappa shape index (κ3) is 16.0. The number of benzene rings is 3. The molecule has 4 aromatic rings. The van der Waals surface area contributed by atoms with E-state index < -0.39 is 30.0 Å². The Balaban J connectivity index is 0.000000218. The highest BCUT2D eigenvalue weighted by molar-refractivity contribution is 7.57. The highest BCUT2D eigenvalue weighted by atomic mass is 35.5. The van der Waals surface area contributed by atoms with Crippen molar-refractivity contribution < 1.29 is 52.3 Å². The first kappa shape index (κ1) is 59.5. The Labute approximate surface area is 438 Å². The monoisotopic (exact) mass is 1100 g/mol. The van der Waals surface area contributed by atoms with Crippen molar-refractivity contribution in [1.82, 2.24) is 8.94 Å². The van der Waals surface area contributed by atoms with Gasteiger partial charge in [-0.05, 0) is 68.4 Å². The first-order valence-corrected chi connectivity index (χ1v) is 27.2. The summed E-state index contributed by atoms with van der Waals surface area (Å²) in [5, 5.41) is 8.28. The topological polar surface area (TPSA) is 219 Å². The molecule has 17 nitrogen and oxygen atoms in total. The molecule has 0 bridgehead atoms. The van der Waals surface area contributed by atoms with Gasteiger partial charge >= 0.3 is 5.97 Å². The highest BCUT2D eigenvalue weighted by Crippen LogP contribution is 2.39. The summed E-state index contributed by atoms with van der Waals surface area (Å²) in [7, 11) is -1.47. The second-order valence-corrected chi connectivity index (χ2v) is 22.6. The van der Waals surface area contributed by atoms with Gasteiger partial charge in [0.05, 0.1) is 42.3 Å². The van der Waals surface area contributed by atoms with Crippen LogP contribution in [0.2, 0.25) is 0 Å². The van der Waals surface area contributed by atoms with Crippen molar-refractivity contribution in [2.24, 2.45) is 16.1 Å². The fourth-order valence-corrected chi connectivity index (χ4v) is 9.66. The summed E-state index contributed by atoms with van der Waals surface area (Å²) in [5.41, 5.74) is 9.70. The van der Waals surface area contributed by atoms with Gasteiger partial charge < -0.3 is 44.3 Å². The molecule has 0 saturated carbocycles. The Morgan fingerprint density at radius 2 is 1.85 bits per heavy atom. The van der Waals surface area contributed by atoms with Crippen molar-refractivity contribution in [2.45, 2.75) is 90.3 Å². The van der Waals surface area contributed by atoms with Crippen molar-refractivity contribution in [3.63, 3.8) is 0 Å². The number of fused-ring (bicyclic) bond motifs is 3. The predicted molar refractivity (Wildman–Crippen MR) is 281 cm³/mol. The molecular weight excluding hydrogens is 1030 g/mol. The Kier molecular flexibility index (Phi) is 22.1. The number of carbonyl (C=O) groups is 4. The van der Waals surface area contributed by atoms with Crippen molar-refractivity contribution >= 4 is 100 Å². The van der Waals surface area contributed by atoms with Crippen LogP contribution in [0.3, 0.4) is 0 Å². The number of aromatic nitrogens is 2. The Morgan fingerprint density at radius 3 is 2.46 bits per heavy atom. The fraction of sp³-hybridized carbons (Fsp3) is 0.469. The van der Waals surface area contributed by atoms with Gasteiger partial charge in [0.1, 0.15) is 41.5 Å². The first-order chi connectivity index (χ1) is 33.9. The molecular formula is C49H62Cl3FN7O10PS. The van der Waals surface area contributed by atoms with Gasteiger partial charge in [-0.25, -0.2) is 9.38 Å². The molecule has 0 radical (unpaired) electrons. The van der Waals surface area contributed by atoms with Crippen molar-refractivity contribution in [1.29, 1.82) is 0 Å². The van der Waals surface area contributed by atoms with Crippen LogP contribution in [0.5, 0.6) is 11.5 Å². The van der Waals surface area contributed by atoms with Crippen LogP contribution in [0.25, 0.3) is 0 Å². The first-order valence-electron chi connectivity index (χ1n) is 22.7. The molecule has 4 N–H and O–H groups in total. The summed E-state index contributed by atoms with van der Waals surface area (Å²) in [6.45, 7) is 15.1. The number of hydrogen-bond donors (Lipinski definition) is 3. The van der Waals surface area contributed by atoms with Gasteiger partial charge in [-0.3, -0.25) is 28.6 Å².